The standard InChI is InChI=1S/C11H17Cl2N3O3/c1-11(2,3)6(5-19-9(14)17)16-8(13)7(12)15-10(16)18-4/h6H,5H2,1-4H3,(H2,14,17). The molecule has 6 nitrogen and oxygen atoms in total. The number of hydrogen-bond acceptors (Lipinski definition) is 4. The van der Waals surface area contributed by atoms with E-state index in [1.807, 2.05) is 20.8 Å². The van der Waals surface area contributed by atoms with Crippen LogP contribution in [0.5, 0.6) is 6.01 Å². The zero-order valence-corrected chi connectivity index (χ0v) is 12.7. The van der Waals surface area contributed by atoms with Crippen LogP contribution in [-0.4, -0.2) is 29.4 Å². The Bertz CT molecular complexity index is 468. The van der Waals surface area contributed by atoms with Gasteiger partial charge in [-0.3, -0.25) is 4.57 Å². The number of carbonyl (C=O) groups excluding carboxylic acids is 1. The van der Waals surface area contributed by atoms with E-state index in [0.29, 0.717) is 0 Å². The van der Waals surface area contributed by atoms with Crippen LogP contribution in [0.4, 0.5) is 4.79 Å². The summed E-state index contributed by atoms with van der Waals surface area (Å²) in [5.41, 5.74) is 4.72. The van der Waals surface area contributed by atoms with E-state index in [2.05, 4.69) is 4.98 Å². The molecule has 108 valence electrons. The molecular weight excluding hydrogens is 293 g/mol. The van der Waals surface area contributed by atoms with Gasteiger partial charge in [0.1, 0.15) is 6.61 Å². The highest BCUT2D eigenvalue weighted by atomic mass is 35.5. The number of rotatable bonds is 4. The van der Waals surface area contributed by atoms with Crippen molar-refractivity contribution in [3.63, 3.8) is 0 Å². The Kier molecular flexibility index (Phi) is 4.92. The number of methoxy groups -OCH3 is 1. The van der Waals surface area contributed by atoms with E-state index in [-0.39, 0.29) is 34.4 Å². The normalized spacial score (nSPS) is 13.2. The van der Waals surface area contributed by atoms with E-state index < -0.39 is 6.09 Å². The van der Waals surface area contributed by atoms with Crippen LogP contribution in [0, 0.1) is 5.41 Å². The second-order valence-electron chi connectivity index (χ2n) is 5.06. The largest absolute Gasteiger partial charge is 0.468 e. The van der Waals surface area contributed by atoms with Crippen LogP contribution < -0.4 is 10.5 Å². The summed E-state index contributed by atoms with van der Waals surface area (Å²) < 4.78 is 11.6. The van der Waals surface area contributed by atoms with Gasteiger partial charge in [-0.1, -0.05) is 44.0 Å². The maximum atomic E-state index is 10.8. The second-order valence-corrected chi connectivity index (χ2v) is 5.78. The predicted octanol–water partition coefficient (Wildman–Crippen LogP) is 2.88. The van der Waals surface area contributed by atoms with Crippen LogP contribution in [0.2, 0.25) is 10.3 Å². The predicted molar refractivity (Wildman–Crippen MR) is 72.8 cm³/mol. The van der Waals surface area contributed by atoms with Gasteiger partial charge in [-0.25, -0.2) is 4.79 Å². The average Bonchev–Trinajstić information content (AvgIpc) is 2.54. The molecule has 0 aliphatic rings. The average molecular weight is 310 g/mol. The van der Waals surface area contributed by atoms with Gasteiger partial charge in [-0.05, 0) is 5.41 Å². The van der Waals surface area contributed by atoms with Gasteiger partial charge < -0.3 is 15.2 Å². The lowest BCUT2D eigenvalue weighted by Crippen LogP contribution is -2.31. The number of hydrogen-bond donors (Lipinski definition) is 1. The molecule has 19 heavy (non-hydrogen) atoms. The molecule has 1 rings (SSSR count). The first-order chi connectivity index (χ1) is 8.68. The lowest BCUT2D eigenvalue weighted by Gasteiger charge is -2.32. The van der Waals surface area contributed by atoms with Crippen molar-refractivity contribution >= 4 is 29.3 Å². The lowest BCUT2D eigenvalue weighted by molar-refractivity contribution is 0.0956. The molecule has 1 aromatic rings. The molecule has 0 aliphatic heterocycles. The molecule has 0 saturated heterocycles. The fraction of sp³-hybridized carbons (Fsp3) is 0.636. The zero-order valence-electron chi connectivity index (χ0n) is 11.2. The number of aromatic nitrogens is 2. The summed E-state index contributed by atoms with van der Waals surface area (Å²) in [6.45, 7) is 5.94. The monoisotopic (exact) mass is 309 g/mol. The molecule has 1 amide bonds. The molecule has 8 heteroatoms. The number of ether oxygens (including phenoxy) is 2. The third kappa shape index (κ3) is 3.67. The minimum absolute atomic E-state index is 0.0433. The first kappa shape index (κ1) is 15.9. The summed E-state index contributed by atoms with van der Waals surface area (Å²) in [5, 5.41) is 0.360. The summed E-state index contributed by atoms with van der Waals surface area (Å²) in [5.74, 6) is 0. The minimum atomic E-state index is -0.851. The number of nitrogens with zero attached hydrogens (tertiary/aromatic N) is 2. The minimum Gasteiger partial charge on any atom is -0.468 e. The molecule has 1 unspecified atom stereocenters. The SMILES string of the molecule is COc1nc(Cl)c(Cl)n1C(COC(N)=O)C(C)(C)C. The quantitative estimate of drug-likeness (QED) is 0.927. The van der Waals surface area contributed by atoms with E-state index in [9.17, 15) is 4.79 Å². The van der Waals surface area contributed by atoms with Crippen molar-refractivity contribution in [2.45, 2.75) is 26.8 Å². The van der Waals surface area contributed by atoms with E-state index in [1.165, 1.54) is 7.11 Å². The van der Waals surface area contributed by atoms with Gasteiger partial charge in [0.15, 0.2) is 10.3 Å². The number of carbonyl (C=O) groups is 1. The Balaban J connectivity index is 3.21. The molecule has 0 saturated carbocycles. The molecule has 0 radical (unpaired) electrons. The van der Waals surface area contributed by atoms with E-state index in [0.717, 1.165) is 0 Å². The molecule has 1 heterocycles. The van der Waals surface area contributed by atoms with Crippen LogP contribution in [0.25, 0.3) is 0 Å². The highest BCUT2D eigenvalue weighted by Gasteiger charge is 2.32. The van der Waals surface area contributed by atoms with Crippen LogP contribution in [0.1, 0.15) is 26.8 Å². The van der Waals surface area contributed by atoms with E-state index >= 15 is 0 Å². The van der Waals surface area contributed by atoms with Crippen LogP contribution in [-0.2, 0) is 4.74 Å². The summed E-state index contributed by atoms with van der Waals surface area (Å²) in [7, 11) is 1.46. The maximum absolute atomic E-state index is 10.8. The summed E-state index contributed by atoms with van der Waals surface area (Å²) in [4.78, 5) is 14.8. The molecular formula is C11H17Cl2N3O3. The van der Waals surface area contributed by atoms with Crippen molar-refractivity contribution in [3.8, 4) is 6.01 Å². The van der Waals surface area contributed by atoms with Gasteiger partial charge in [-0.15, -0.1) is 0 Å². The van der Waals surface area contributed by atoms with Crippen molar-refractivity contribution in [2.24, 2.45) is 11.1 Å². The molecule has 0 bridgehead atoms. The van der Waals surface area contributed by atoms with Gasteiger partial charge in [-0.2, -0.15) is 4.98 Å². The van der Waals surface area contributed by atoms with Crippen molar-refractivity contribution in [2.75, 3.05) is 13.7 Å². The lowest BCUT2D eigenvalue weighted by atomic mass is 9.87. The van der Waals surface area contributed by atoms with Gasteiger partial charge in [0.05, 0.1) is 13.2 Å². The van der Waals surface area contributed by atoms with Gasteiger partial charge in [0.2, 0.25) is 0 Å². The zero-order chi connectivity index (χ0) is 14.8. The Hall–Kier alpha value is -1.14. The van der Waals surface area contributed by atoms with E-state index in [1.54, 1.807) is 4.57 Å². The Morgan fingerprint density at radius 3 is 2.47 bits per heavy atom. The number of nitrogens with two attached hydrogens (primary N) is 1. The molecule has 2 N–H and O–H groups in total. The van der Waals surface area contributed by atoms with Crippen molar-refractivity contribution < 1.29 is 14.3 Å². The number of primary amides is 1. The fourth-order valence-corrected chi connectivity index (χ4v) is 2.05. The van der Waals surface area contributed by atoms with Crippen LogP contribution >= 0.6 is 23.2 Å². The summed E-state index contributed by atoms with van der Waals surface area (Å²) in [6, 6.07) is -0.0644. The highest BCUT2D eigenvalue weighted by molar-refractivity contribution is 6.40. The topological polar surface area (TPSA) is 79.4 Å². The Morgan fingerprint density at radius 2 is 2.05 bits per heavy atom. The summed E-state index contributed by atoms with van der Waals surface area (Å²) in [6.07, 6.45) is -0.851. The van der Waals surface area contributed by atoms with Crippen LogP contribution in [0.15, 0.2) is 0 Å². The molecule has 0 aliphatic carbocycles. The molecule has 0 aromatic carbocycles. The molecule has 0 fully saturated rings. The maximum Gasteiger partial charge on any atom is 0.404 e. The Morgan fingerprint density at radius 1 is 1.47 bits per heavy atom. The number of amides is 1. The fourth-order valence-electron chi connectivity index (χ4n) is 1.65. The van der Waals surface area contributed by atoms with Gasteiger partial charge in [0, 0.05) is 0 Å². The van der Waals surface area contributed by atoms with Gasteiger partial charge >= 0.3 is 6.09 Å². The van der Waals surface area contributed by atoms with Gasteiger partial charge in [0.25, 0.3) is 6.01 Å². The first-order valence-electron chi connectivity index (χ1n) is 5.58. The first-order valence-corrected chi connectivity index (χ1v) is 6.33. The summed E-state index contributed by atoms with van der Waals surface area (Å²) >= 11 is 12.0. The number of imidazole rings is 1. The smallest absolute Gasteiger partial charge is 0.404 e. The molecule has 1 atom stereocenters. The van der Waals surface area contributed by atoms with Crippen molar-refractivity contribution in [1.82, 2.24) is 9.55 Å². The van der Waals surface area contributed by atoms with Crippen molar-refractivity contribution in [1.29, 1.82) is 0 Å². The third-order valence-electron chi connectivity index (χ3n) is 2.66. The van der Waals surface area contributed by atoms with Crippen LogP contribution in [0.3, 0.4) is 0 Å². The van der Waals surface area contributed by atoms with Crippen molar-refractivity contribution in [3.05, 3.63) is 10.3 Å². The highest BCUT2D eigenvalue weighted by Crippen LogP contribution is 2.39. The Labute approximate surface area is 121 Å². The van der Waals surface area contributed by atoms with E-state index in [4.69, 9.17) is 38.4 Å². The number of halogens is 2. The second kappa shape index (κ2) is 5.88. The molecule has 1 aromatic heterocycles. The third-order valence-corrected chi connectivity index (χ3v) is 3.38. The molecule has 0 spiro atoms.